The maximum Gasteiger partial charge on any atom is 0.398 e. The van der Waals surface area contributed by atoms with Crippen LogP contribution in [0, 0.1) is 5.82 Å². The highest BCUT2D eigenvalue weighted by molar-refractivity contribution is 7.67. The van der Waals surface area contributed by atoms with Gasteiger partial charge in [-0.3, -0.25) is 4.57 Å². The molecule has 0 amide bonds. The summed E-state index contributed by atoms with van der Waals surface area (Å²) in [5, 5.41) is -0.465. The highest BCUT2D eigenvalue weighted by Gasteiger charge is 2.43. The van der Waals surface area contributed by atoms with Gasteiger partial charge in [-0.2, -0.15) is 13.2 Å². The second kappa shape index (κ2) is 6.49. The molecule has 0 saturated heterocycles. The zero-order valence-corrected chi connectivity index (χ0v) is 12.3. The molecule has 1 aliphatic rings. The van der Waals surface area contributed by atoms with E-state index >= 15 is 0 Å². The second-order valence-corrected chi connectivity index (χ2v) is 7.62. The molecule has 0 aromatic heterocycles. The van der Waals surface area contributed by atoms with Gasteiger partial charge >= 0.3 is 6.18 Å². The van der Waals surface area contributed by atoms with Gasteiger partial charge in [-0.15, -0.1) is 0 Å². The molecule has 2 rings (SSSR count). The van der Waals surface area contributed by atoms with Gasteiger partial charge in [0, 0.05) is 0 Å². The number of alkyl halides is 3. The molecule has 1 aliphatic carbocycles. The third-order valence-corrected chi connectivity index (χ3v) is 5.99. The summed E-state index contributed by atoms with van der Waals surface area (Å²) in [5.41, 5.74) is 0. The van der Waals surface area contributed by atoms with Gasteiger partial charge in [0.1, 0.15) is 12.0 Å². The van der Waals surface area contributed by atoms with E-state index in [-0.39, 0.29) is 0 Å². The zero-order valence-electron chi connectivity index (χ0n) is 11.4. The highest BCUT2D eigenvalue weighted by Crippen LogP contribution is 2.52. The first kappa shape index (κ1) is 16.5. The maximum atomic E-state index is 13.8. The summed E-state index contributed by atoms with van der Waals surface area (Å²) < 4.78 is 70.1. The van der Waals surface area contributed by atoms with Crippen LogP contribution >= 0.6 is 7.37 Å². The van der Waals surface area contributed by atoms with Crippen molar-refractivity contribution in [3.8, 4) is 0 Å². The average Bonchev–Trinajstić information content (AvgIpc) is 2.38. The molecule has 0 N–H and O–H groups in total. The molecule has 118 valence electrons. The summed E-state index contributed by atoms with van der Waals surface area (Å²) in [6.07, 6.45) is -3.02. The fraction of sp³-hybridized carbons (Fsp3) is 0.571. The van der Waals surface area contributed by atoms with Gasteiger partial charge in [0.15, 0.2) is 0 Å². The van der Waals surface area contributed by atoms with Gasteiger partial charge in [0.2, 0.25) is 7.37 Å². The third kappa shape index (κ3) is 4.55. The summed E-state index contributed by atoms with van der Waals surface area (Å²) >= 11 is 0. The molecule has 0 heterocycles. The fourth-order valence-electron chi connectivity index (χ4n) is 2.55. The van der Waals surface area contributed by atoms with E-state index < -0.39 is 36.9 Å². The molecule has 1 fully saturated rings. The van der Waals surface area contributed by atoms with Gasteiger partial charge < -0.3 is 4.52 Å². The van der Waals surface area contributed by atoms with Crippen molar-refractivity contribution in [1.29, 1.82) is 0 Å². The molecule has 1 unspecified atom stereocenters. The standard InChI is InChI=1S/C14H17F4O2P/c15-12-8-4-5-9-13(12)21(19,10-14(16,17)18)20-11-6-2-1-3-7-11/h4-5,8-9,11H,1-3,6-7,10H2. The molecule has 0 radical (unpaired) electrons. The minimum atomic E-state index is -4.67. The second-order valence-electron chi connectivity index (χ2n) is 5.26. The van der Waals surface area contributed by atoms with Crippen molar-refractivity contribution in [3.63, 3.8) is 0 Å². The van der Waals surface area contributed by atoms with Crippen LogP contribution in [0.4, 0.5) is 17.6 Å². The molecule has 1 saturated carbocycles. The maximum absolute atomic E-state index is 13.8. The van der Waals surface area contributed by atoms with E-state index in [4.69, 9.17) is 4.52 Å². The molecule has 0 bridgehead atoms. The Morgan fingerprint density at radius 2 is 1.76 bits per heavy atom. The predicted molar refractivity (Wildman–Crippen MR) is 72.5 cm³/mol. The largest absolute Gasteiger partial charge is 0.398 e. The van der Waals surface area contributed by atoms with E-state index in [0.29, 0.717) is 12.8 Å². The number of halogens is 4. The normalized spacial score (nSPS) is 20.2. The topological polar surface area (TPSA) is 26.3 Å². The first-order chi connectivity index (χ1) is 9.80. The lowest BCUT2D eigenvalue weighted by molar-refractivity contribution is -0.108. The van der Waals surface area contributed by atoms with Crippen molar-refractivity contribution in [3.05, 3.63) is 30.1 Å². The Kier molecular flexibility index (Phi) is 5.10. The van der Waals surface area contributed by atoms with Gasteiger partial charge in [-0.05, 0) is 25.0 Å². The molecular weight excluding hydrogens is 307 g/mol. The smallest absolute Gasteiger partial charge is 0.322 e. The van der Waals surface area contributed by atoms with Crippen molar-refractivity contribution in [2.75, 3.05) is 6.16 Å². The van der Waals surface area contributed by atoms with E-state index in [1.54, 1.807) is 0 Å². The molecular formula is C14H17F4O2P. The number of hydrogen-bond donors (Lipinski definition) is 0. The highest BCUT2D eigenvalue weighted by atomic mass is 31.2. The Morgan fingerprint density at radius 1 is 1.14 bits per heavy atom. The van der Waals surface area contributed by atoms with Crippen LogP contribution in [0.1, 0.15) is 32.1 Å². The fourth-order valence-corrected chi connectivity index (χ4v) is 4.79. The predicted octanol–water partition coefficient (Wildman–Crippen LogP) is 4.64. The summed E-state index contributed by atoms with van der Waals surface area (Å²) in [7, 11) is -4.30. The van der Waals surface area contributed by atoms with E-state index in [9.17, 15) is 22.1 Å². The van der Waals surface area contributed by atoms with E-state index in [0.717, 1.165) is 31.4 Å². The van der Waals surface area contributed by atoms with Crippen molar-refractivity contribution in [1.82, 2.24) is 0 Å². The van der Waals surface area contributed by atoms with Gasteiger partial charge in [0.25, 0.3) is 0 Å². The lowest BCUT2D eigenvalue weighted by Gasteiger charge is -2.28. The minimum absolute atomic E-state index is 0.465. The van der Waals surface area contributed by atoms with Gasteiger partial charge in [-0.1, -0.05) is 31.4 Å². The molecule has 1 aromatic carbocycles. The molecule has 0 aliphatic heterocycles. The van der Waals surface area contributed by atoms with Crippen molar-refractivity contribution in [2.45, 2.75) is 44.4 Å². The molecule has 7 heteroatoms. The Hall–Kier alpha value is -0.870. The molecule has 2 nitrogen and oxygen atoms in total. The van der Waals surface area contributed by atoms with Crippen LogP contribution in [0.25, 0.3) is 0 Å². The summed E-state index contributed by atoms with van der Waals surface area (Å²) in [6.45, 7) is 0. The summed E-state index contributed by atoms with van der Waals surface area (Å²) in [4.78, 5) is 0. The van der Waals surface area contributed by atoms with Crippen LogP contribution in [-0.2, 0) is 9.09 Å². The number of benzene rings is 1. The first-order valence-electron chi connectivity index (χ1n) is 6.89. The summed E-state index contributed by atoms with van der Waals surface area (Å²) in [6, 6.07) is 4.83. The monoisotopic (exact) mass is 324 g/mol. The van der Waals surface area contributed by atoms with Crippen LogP contribution in [0.2, 0.25) is 0 Å². The lowest BCUT2D eigenvalue weighted by Crippen LogP contribution is -2.27. The van der Waals surface area contributed by atoms with Crippen LogP contribution in [0.3, 0.4) is 0 Å². The number of hydrogen-bond acceptors (Lipinski definition) is 2. The van der Waals surface area contributed by atoms with Crippen molar-refractivity contribution < 1.29 is 26.7 Å². The van der Waals surface area contributed by atoms with E-state index in [2.05, 4.69) is 0 Å². The van der Waals surface area contributed by atoms with Crippen molar-refractivity contribution >= 4 is 12.7 Å². The van der Waals surface area contributed by atoms with Crippen LogP contribution in [-0.4, -0.2) is 18.4 Å². The van der Waals surface area contributed by atoms with Gasteiger partial charge in [0.05, 0.1) is 11.4 Å². The Morgan fingerprint density at radius 3 is 2.33 bits per heavy atom. The minimum Gasteiger partial charge on any atom is -0.322 e. The van der Waals surface area contributed by atoms with Crippen LogP contribution in [0.5, 0.6) is 0 Å². The molecule has 1 aromatic rings. The Balaban J connectivity index is 2.30. The molecule has 0 spiro atoms. The number of rotatable bonds is 4. The van der Waals surface area contributed by atoms with E-state index in [1.807, 2.05) is 0 Å². The van der Waals surface area contributed by atoms with Crippen LogP contribution in [0.15, 0.2) is 24.3 Å². The lowest BCUT2D eigenvalue weighted by atomic mass is 9.98. The zero-order chi connectivity index (χ0) is 15.5. The third-order valence-electron chi connectivity index (χ3n) is 3.48. The molecule has 21 heavy (non-hydrogen) atoms. The Labute approximate surface area is 120 Å². The molecule has 1 atom stereocenters. The van der Waals surface area contributed by atoms with Crippen molar-refractivity contribution in [2.24, 2.45) is 0 Å². The average molecular weight is 324 g/mol. The first-order valence-corrected chi connectivity index (χ1v) is 8.70. The SMILES string of the molecule is O=P(CC(F)(F)F)(OC1CCCCC1)c1ccccc1F. The van der Waals surface area contributed by atoms with Crippen LogP contribution < -0.4 is 5.30 Å². The van der Waals surface area contributed by atoms with Gasteiger partial charge in [-0.25, -0.2) is 4.39 Å². The van der Waals surface area contributed by atoms with E-state index in [1.165, 1.54) is 12.1 Å². The quantitative estimate of drug-likeness (QED) is 0.596. The Bertz CT molecular complexity index is 524. The summed E-state index contributed by atoms with van der Waals surface area (Å²) in [5.74, 6) is -0.916.